The van der Waals surface area contributed by atoms with Crippen molar-refractivity contribution in [1.82, 2.24) is 15.3 Å². The van der Waals surface area contributed by atoms with Crippen molar-refractivity contribution in [3.05, 3.63) is 119 Å². The van der Waals surface area contributed by atoms with Crippen molar-refractivity contribution in [3.8, 4) is 11.1 Å². The molecule has 5 aromatic rings. The second kappa shape index (κ2) is 11.1. The molecule has 1 unspecified atom stereocenters. The van der Waals surface area contributed by atoms with E-state index in [-0.39, 0.29) is 35.5 Å². The number of nitrogens with one attached hydrogen (secondary N) is 2. The maximum Gasteiger partial charge on any atom is 0.251 e. The molecule has 208 valence electrons. The fourth-order valence-corrected chi connectivity index (χ4v) is 4.78. The molecule has 41 heavy (non-hydrogen) atoms. The van der Waals surface area contributed by atoms with Crippen molar-refractivity contribution in [2.24, 2.45) is 5.73 Å². The summed E-state index contributed by atoms with van der Waals surface area (Å²) in [6.07, 6.45) is 1.34. The van der Waals surface area contributed by atoms with Gasteiger partial charge < -0.3 is 21.8 Å². The van der Waals surface area contributed by atoms with Gasteiger partial charge in [-0.05, 0) is 77.7 Å². The van der Waals surface area contributed by atoms with Crippen LogP contribution in [-0.2, 0) is 17.6 Å². The lowest BCUT2D eigenvalue weighted by atomic mass is 9.94. The summed E-state index contributed by atoms with van der Waals surface area (Å²) in [6, 6.07) is 12.9. The normalized spacial score (nSPS) is 11.9. The second-order valence-electron chi connectivity index (χ2n) is 9.51. The molecule has 3 aromatic carbocycles. The van der Waals surface area contributed by atoms with Gasteiger partial charge in [-0.1, -0.05) is 6.07 Å². The van der Waals surface area contributed by atoms with Gasteiger partial charge in [0, 0.05) is 28.7 Å². The number of halogens is 4. The third-order valence-corrected chi connectivity index (χ3v) is 6.60. The lowest BCUT2D eigenvalue weighted by molar-refractivity contribution is -0.121. The molecule has 0 bridgehead atoms. The number of fused-ring (bicyclic) bond motifs is 1. The van der Waals surface area contributed by atoms with E-state index < -0.39 is 41.1 Å². The molecule has 0 aliphatic carbocycles. The summed E-state index contributed by atoms with van der Waals surface area (Å²) < 4.78 is 56.2. The first-order chi connectivity index (χ1) is 19.6. The lowest BCUT2D eigenvalue weighted by Gasteiger charge is -2.22. The van der Waals surface area contributed by atoms with Crippen LogP contribution in [0.15, 0.2) is 72.9 Å². The van der Waals surface area contributed by atoms with Crippen molar-refractivity contribution in [1.29, 1.82) is 0 Å². The Morgan fingerprint density at radius 3 is 2.39 bits per heavy atom. The van der Waals surface area contributed by atoms with Gasteiger partial charge in [0.1, 0.15) is 29.1 Å². The standard InChI is InChI=1S/C30H23F4N5O2/c31-18-2-5-25-22(13-18)17(14-37-25)11-28(40)38-26(9-15-7-19(32)12-20(33)8-15)29-21(3-6-27(35)39-29)16-1-4-24(34)23(10-16)30(36)41/h1-8,10,12-14,26,37H,9,11H2,(H2,35,39)(H2,36,41)(H,38,40). The number of nitrogens with two attached hydrogens (primary N) is 2. The van der Waals surface area contributed by atoms with Crippen LogP contribution < -0.4 is 16.8 Å². The van der Waals surface area contributed by atoms with E-state index in [4.69, 9.17) is 11.5 Å². The Bertz CT molecular complexity index is 1780. The van der Waals surface area contributed by atoms with E-state index in [9.17, 15) is 27.2 Å². The fraction of sp³-hybridized carbons (Fsp3) is 0.100. The maximum absolute atomic E-state index is 14.2. The highest BCUT2D eigenvalue weighted by atomic mass is 19.1. The van der Waals surface area contributed by atoms with E-state index in [0.717, 1.165) is 24.3 Å². The molecular weight excluding hydrogens is 538 g/mol. The van der Waals surface area contributed by atoms with Crippen LogP contribution >= 0.6 is 0 Å². The average molecular weight is 562 g/mol. The van der Waals surface area contributed by atoms with Crippen LogP contribution in [0.2, 0.25) is 0 Å². The number of hydrogen-bond acceptors (Lipinski definition) is 4. The molecule has 7 nitrogen and oxygen atoms in total. The zero-order valence-electron chi connectivity index (χ0n) is 21.4. The Labute approximate surface area is 231 Å². The molecule has 1 atom stereocenters. The summed E-state index contributed by atoms with van der Waals surface area (Å²) in [4.78, 5) is 32.5. The van der Waals surface area contributed by atoms with Crippen LogP contribution in [0, 0.1) is 23.3 Å². The molecule has 2 aromatic heterocycles. The van der Waals surface area contributed by atoms with E-state index >= 15 is 0 Å². The van der Waals surface area contributed by atoms with Gasteiger partial charge in [0.2, 0.25) is 5.91 Å². The van der Waals surface area contributed by atoms with Crippen molar-refractivity contribution >= 4 is 28.5 Å². The molecule has 0 spiro atoms. The van der Waals surface area contributed by atoms with Crippen molar-refractivity contribution in [2.75, 3.05) is 5.73 Å². The molecule has 2 amide bonds. The summed E-state index contributed by atoms with van der Waals surface area (Å²) in [7, 11) is 0. The number of amides is 2. The molecule has 0 fully saturated rings. The molecule has 0 aliphatic rings. The van der Waals surface area contributed by atoms with Crippen molar-refractivity contribution < 1.29 is 27.2 Å². The van der Waals surface area contributed by atoms with Crippen molar-refractivity contribution in [2.45, 2.75) is 18.9 Å². The van der Waals surface area contributed by atoms with Crippen LogP contribution in [-0.4, -0.2) is 21.8 Å². The Morgan fingerprint density at radius 1 is 0.902 bits per heavy atom. The number of benzene rings is 3. The summed E-state index contributed by atoms with van der Waals surface area (Å²) >= 11 is 0. The van der Waals surface area contributed by atoms with E-state index in [1.165, 1.54) is 30.3 Å². The maximum atomic E-state index is 14.2. The minimum atomic E-state index is -0.982. The first-order valence-corrected chi connectivity index (χ1v) is 12.4. The SMILES string of the molecule is NC(=O)c1cc(-c2ccc(N)nc2C(Cc2cc(F)cc(F)c2)NC(=O)Cc2c[nH]c3ccc(F)cc23)ccc1F. The van der Waals surface area contributed by atoms with Gasteiger partial charge in [-0.2, -0.15) is 0 Å². The molecular formula is C30H23F4N5O2. The molecule has 0 aliphatic heterocycles. The number of hydrogen-bond donors (Lipinski definition) is 4. The number of nitrogens with zero attached hydrogens (tertiary/aromatic N) is 1. The molecule has 0 radical (unpaired) electrons. The third-order valence-electron chi connectivity index (χ3n) is 6.60. The van der Waals surface area contributed by atoms with Gasteiger partial charge in [0.25, 0.3) is 5.91 Å². The van der Waals surface area contributed by atoms with E-state index in [1.807, 2.05) is 0 Å². The van der Waals surface area contributed by atoms with E-state index in [1.54, 1.807) is 18.3 Å². The summed E-state index contributed by atoms with van der Waals surface area (Å²) in [5.41, 5.74) is 13.3. The number of aromatic amines is 1. The summed E-state index contributed by atoms with van der Waals surface area (Å²) in [5, 5.41) is 3.37. The third kappa shape index (κ3) is 6.03. The number of H-pyrrole nitrogens is 1. The van der Waals surface area contributed by atoms with Crippen LogP contribution in [0.5, 0.6) is 0 Å². The zero-order valence-corrected chi connectivity index (χ0v) is 21.4. The van der Waals surface area contributed by atoms with E-state index in [0.29, 0.717) is 27.6 Å². The summed E-state index contributed by atoms with van der Waals surface area (Å²) in [5.74, 6) is -4.30. The Balaban J connectivity index is 1.56. The molecule has 5 rings (SSSR count). The van der Waals surface area contributed by atoms with Crippen LogP contribution in [0.4, 0.5) is 23.4 Å². The fourth-order valence-electron chi connectivity index (χ4n) is 4.78. The second-order valence-corrected chi connectivity index (χ2v) is 9.51. The first-order valence-electron chi connectivity index (χ1n) is 12.4. The molecule has 0 saturated heterocycles. The predicted molar refractivity (Wildman–Crippen MR) is 145 cm³/mol. The van der Waals surface area contributed by atoms with Gasteiger partial charge in [-0.15, -0.1) is 0 Å². The van der Waals surface area contributed by atoms with Crippen LogP contribution in [0.3, 0.4) is 0 Å². The molecule has 0 saturated carbocycles. The van der Waals surface area contributed by atoms with E-state index in [2.05, 4.69) is 15.3 Å². The minimum Gasteiger partial charge on any atom is -0.384 e. The number of anilines is 1. The highest BCUT2D eigenvalue weighted by Crippen LogP contribution is 2.32. The monoisotopic (exact) mass is 561 g/mol. The lowest BCUT2D eigenvalue weighted by Crippen LogP contribution is -2.32. The molecule has 6 N–H and O–H groups in total. The van der Waals surface area contributed by atoms with Crippen LogP contribution in [0.1, 0.15) is 33.2 Å². The topological polar surface area (TPSA) is 127 Å². The van der Waals surface area contributed by atoms with Gasteiger partial charge in [-0.25, -0.2) is 22.5 Å². The number of pyridine rings is 1. The zero-order chi connectivity index (χ0) is 29.3. The Hall–Kier alpha value is -5.19. The van der Waals surface area contributed by atoms with Gasteiger partial charge >= 0.3 is 0 Å². The largest absolute Gasteiger partial charge is 0.384 e. The van der Waals surface area contributed by atoms with Gasteiger partial charge in [0.15, 0.2) is 0 Å². The van der Waals surface area contributed by atoms with Crippen molar-refractivity contribution in [3.63, 3.8) is 0 Å². The number of aromatic nitrogens is 2. The molecule has 11 heteroatoms. The smallest absolute Gasteiger partial charge is 0.251 e. The number of carbonyl (C=O) groups is 2. The van der Waals surface area contributed by atoms with Gasteiger partial charge in [0.05, 0.1) is 23.7 Å². The Kier molecular flexibility index (Phi) is 7.43. The predicted octanol–water partition coefficient (Wildman–Crippen LogP) is 5.11. The first kappa shape index (κ1) is 27.4. The average Bonchev–Trinajstić information content (AvgIpc) is 3.29. The minimum absolute atomic E-state index is 0.0813. The molecule has 2 heterocycles. The highest BCUT2D eigenvalue weighted by Gasteiger charge is 2.24. The summed E-state index contributed by atoms with van der Waals surface area (Å²) in [6.45, 7) is 0. The van der Waals surface area contributed by atoms with Crippen LogP contribution in [0.25, 0.3) is 22.0 Å². The highest BCUT2D eigenvalue weighted by molar-refractivity contribution is 5.94. The number of carbonyl (C=O) groups excluding carboxylic acids is 2. The number of nitrogen functional groups attached to an aromatic ring is 1. The number of primary amides is 1. The quantitative estimate of drug-likeness (QED) is 0.196. The van der Waals surface area contributed by atoms with Gasteiger partial charge in [-0.3, -0.25) is 9.59 Å². The number of rotatable bonds is 8. The Morgan fingerprint density at radius 2 is 1.66 bits per heavy atom.